The fourth-order valence-corrected chi connectivity index (χ4v) is 4.41. The van der Waals surface area contributed by atoms with Crippen molar-refractivity contribution < 1.29 is 0 Å². The number of nitrogens with zero attached hydrogens (tertiary/aromatic N) is 2. The Balaban J connectivity index is 4.13. The summed E-state index contributed by atoms with van der Waals surface area (Å²) in [6.07, 6.45) is 13.4. The molecule has 0 aromatic heterocycles. The first-order valence-corrected chi connectivity index (χ1v) is 12.1. The predicted molar refractivity (Wildman–Crippen MR) is 124 cm³/mol. The van der Waals surface area contributed by atoms with E-state index < -0.39 is 0 Å². The van der Waals surface area contributed by atoms with Crippen molar-refractivity contribution >= 4 is 23.7 Å². The monoisotopic (exact) mass is 399 g/mol. The molecule has 27 heavy (non-hydrogen) atoms. The maximum absolute atomic E-state index is 8.15. The lowest BCUT2D eigenvalue weighted by Gasteiger charge is -2.31. The minimum atomic E-state index is -0.0400. The van der Waals surface area contributed by atoms with Gasteiger partial charge in [-0.25, -0.2) is 0 Å². The molecule has 0 aromatic carbocycles. The number of hydrogen-bond donors (Lipinski definition) is 3. The fraction of sp³-hybridized carbons (Fsp3) is 0.905. The van der Waals surface area contributed by atoms with E-state index in [0.29, 0.717) is 5.92 Å². The zero-order chi connectivity index (χ0) is 20.5. The van der Waals surface area contributed by atoms with Gasteiger partial charge in [0, 0.05) is 12.6 Å². The summed E-state index contributed by atoms with van der Waals surface area (Å²) in [6.45, 7) is 9.54. The van der Waals surface area contributed by atoms with Crippen LogP contribution in [0, 0.1) is 11.3 Å². The van der Waals surface area contributed by atoms with E-state index in [1.54, 1.807) is 0 Å². The number of guanidine groups is 2. The Kier molecular flexibility index (Phi) is 16.6. The van der Waals surface area contributed by atoms with E-state index >= 15 is 0 Å². The summed E-state index contributed by atoms with van der Waals surface area (Å²) >= 11 is 2.07. The van der Waals surface area contributed by atoms with Crippen molar-refractivity contribution in [1.29, 1.82) is 5.41 Å². The number of nitrogens with one attached hydrogen (secondary N) is 1. The van der Waals surface area contributed by atoms with E-state index in [9.17, 15) is 0 Å². The first-order valence-electron chi connectivity index (χ1n) is 10.9. The first-order chi connectivity index (χ1) is 12.9. The molecular weight excluding hydrogens is 354 g/mol. The van der Waals surface area contributed by atoms with Gasteiger partial charge in [-0.15, -0.1) is 0 Å². The molecule has 0 bridgehead atoms. The van der Waals surface area contributed by atoms with Crippen molar-refractivity contribution in [2.75, 3.05) is 18.1 Å². The Hall–Kier alpha value is -0.910. The van der Waals surface area contributed by atoms with Gasteiger partial charge in [0.25, 0.3) is 0 Å². The van der Waals surface area contributed by atoms with Gasteiger partial charge < -0.3 is 16.4 Å². The third-order valence-electron chi connectivity index (χ3n) is 4.78. The van der Waals surface area contributed by atoms with E-state index in [1.165, 1.54) is 70.0 Å². The average Bonchev–Trinajstić information content (AvgIpc) is 2.59. The Morgan fingerprint density at radius 1 is 0.963 bits per heavy atom. The largest absolute Gasteiger partial charge is 0.370 e. The van der Waals surface area contributed by atoms with Gasteiger partial charge >= 0.3 is 0 Å². The molecule has 0 spiro atoms. The first kappa shape index (κ1) is 26.1. The van der Waals surface area contributed by atoms with Crippen LogP contribution in [-0.2, 0) is 0 Å². The maximum atomic E-state index is 8.15. The second kappa shape index (κ2) is 17.2. The van der Waals surface area contributed by atoms with Crippen LogP contribution in [0.15, 0.2) is 4.99 Å². The van der Waals surface area contributed by atoms with Crippen LogP contribution in [0.5, 0.6) is 0 Å². The third kappa shape index (κ3) is 14.8. The molecule has 5 nitrogen and oxygen atoms in total. The van der Waals surface area contributed by atoms with E-state index in [2.05, 4.69) is 44.4 Å². The minimum absolute atomic E-state index is 0.0400. The van der Waals surface area contributed by atoms with Crippen molar-refractivity contribution in [2.24, 2.45) is 22.4 Å². The van der Waals surface area contributed by atoms with Gasteiger partial charge in [-0.3, -0.25) is 5.41 Å². The standard InChI is InChI=1S/C21H45N5S/c1-5-7-8-9-10-11-12-13-15-27-17-19(14-6-2)16-26(18(3)4)21(24)25-20(22)23/h18-19H,5-17H2,1-4H3,(H5,22,23,24,25). The molecule has 1 atom stereocenters. The molecule has 0 aliphatic heterocycles. The quantitative estimate of drug-likeness (QED) is 0.189. The molecule has 0 saturated carbocycles. The Bertz CT molecular complexity index is 394. The zero-order valence-corrected chi connectivity index (χ0v) is 19.1. The summed E-state index contributed by atoms with van der Waals surface area (Å²) in [7, 11) is 0. The Morgan fingerprint density at radius 3 is 2.07 bits per heavy atom. The summed E-state index contributed by atoms with van der Waals surface area (Å²) in [4.78, 5) is 5.95. The van der Waals surface area contributed by atoms with Gasteiger partial charge in [0.05, 0.1) is 0 Å². The van der Waals surface area contributed by atoms with E-state index in [4.69, 9.17) is 16.9 Å². The van der Waals surface area contributed by atoms with Crippen LogP contribution >= 0.6 is 11.8 Å². The lowest BCUT2D eigenvalue weighted by molar-refractivity contribution is 0.290. The highest BCUT2D eigenvalue weighted by Crippen LogP contribution is 2.19. The van der Waals surface area contributed by atoms with E-state index in [1.807, 2.05) is 4.90 Å². The molecule has 6 heteroatoms. The van der Waals surface area contributed by atoms with Crippen LogP contribution in [0.4, 0.5) is 0 Å². The number of thioether (sulfide) groups is 1. The highest BCUT2D eigenvalue weighted by molar-refractivity contribution is 7.99. The van der Waals surface area contributed by atoms with Crippen LogP contribution < -0.4 is 11.5 Å². The molecule has 0 saturated heterocycles. The highest BCUT2D eigenvalue weighted by atomic mass is 32.2. The summed E-state index contributed by atoms with van der Waals surface area (Å²) in [5.41, 5.74) is 10.9. The summed E-state index contributed by atoms with van der Waals surface area (Å²) in [5.74, 6) is 3.12. The Labute approximate surface area is 172 Å². The van der Waals surface area contributed by atoms with Crippen molar-refractivity contribution in [3.63, 3.8) is 0 Å². The van der Waals surface area contributed by atoms with Gasteiger partial charge in [-0.2, -0.15) is 16.8 Å². The zero-order valence-electron chi connectivity index (χ0n) is 18.3. The highest BCUT2D eigenvalue weighted by Gasteiger charge is 2.19. The SMILES string of the molecule is CCCCCCCCCCSCC(CCC)CN(C(=N)N=C(N)N)C(C)C. The lowest BCUT2D eigenvalue weighted by atomic mass is 10.0. The number of nitrogens with two attached hydrogens (primary N) is 2. The molecule has 160 valence electrons. The molecule has 0 amide bonds. The number of rotatable bonds is 16. The number of aliphatic imine (C=N–C) groups is 1. The van der Waals surface area contributed by atoms with Gasteiger partial charge in [0.2, 0.25) is 5.96 Å². The second-order valence-corrected chi connectivity index (χ2v) is 8.96. The van der Waals surface area contributed by atoms with E-state index in [0.717, 1.165) is 12.3 Å². The van der Waals surface area contributed by atoms with Crippen molar-refractivity contribution in [3.8, 4) is 0 Å². The molecule has 0 aliphatic carbocycles. The molecule has 0 aromatic rings. The lowest BCUT2D eigenvalue weighted by Crippen LogP contribution is -2.41. The van der Waals surface area contributed by atoms with Crippen LogP contribution in [0.3, 0.4) is 0 Å². The van der Waals surface area contributed by atoms with Crippen LogP contribution in [0.1, 0.15) is 91.9 Å². The molecule has 0 rings (SSSR count). The molecule has 0 heterocycles. The van der Waals surface area contributed by atoms with Crippen LogP contribution in [0.2, 0.25) is 0 Å². The fourth-order valence-electron chi connectivity index (χ4n) is 3.23. The summed E-state index contributed by atoms with van der Waals surface area (Å²) < 4.78 is 0. The summed E-state index contributed by atoms with van der Waals surface area (Å²) in [5, 5.41) is 8.15. The number of hydrogen-bond acceptors (Lipinski definition) is 2. The minimum Gasteiger partial charge on any atom is -0.370 e. The van der Waals surface area contributed by atoms with Crippen molar-refractivity contribution in [3.05, 3.63) is 0 Å². The van der Waals surface area contributed by atoms with Crippen molar-refractivity contribution in [1.82, 2.24) is 4.90 Å². The molecule has 5 N–H and O–H groups in total. The molecule has 0 fully saturated rings. The topological polar surface area (TPSA) is 91.5 Å². The molecule has 0 aliphatic rings. The van der Waals surface area contributed by atoms with E-state index in [-0.39, 0.29) is 18.0 Å². The summed E-state index contributed by atoms with van der Waals surface area (Å²) in [6, 6.07) is 0.220. The third-order valence-corrected chi connectivity index (χ3v) is 6.06. The average molecular weight is 400 g/mol. The van der Waals surface area contributed by atoms with Gasteiger partial charge in [0.15, 0.2) is 5.96 Å². The molecule has 0 radical (unpaired) electrons. The number of unbranched alkanes of at least 4 members (excludes halogenated alkanes) is 7. The smallest absolute Gasteiger partial charge is 0.221 e. The normalized spacial score (nSPS) is 12.2. The van der Waals surface area contributed by atoms with Gasteiger partial charge in [0.1, 0.15) is 0 Å². The molecular formula is C21H45N5S. The second-order valence-electron chi connectivity index (χ2n) is 7.81. The van der Waals surface area contributed by atoms with Gasteiger partial charge in [-0.05, 0) is 44.1 Å². The maximum Gasteiger partial charge on any atom is 0.221 e. The molecule has 1 unspecified atom stereocenters. The Morgan fingerprint density at radius 2 is 1.56 bits per heavy atom. The van der Waals surface area contributed by atoms with Crippen LogP contribution in [-0.4, -0.2) is 40.9 Å². The van der Waals surface area contributed by atoms with Crippen LogP contribution in [0.25, 0.3) is 0 Å². The predicted octanol–water partition coefficient (Wildman–Crippen LogP) is 5.20. The van der Waals surface area contributed by atoms with Crippen molar-refractivity contribution in [2.45, 2.75) is 97.9 Å². The van der Waals surface area contributed by atoms with Gasteiger partial charge in [-0.1, -0.05) is 65.2 Å².